The largest absolute Gasteiger partial charge is 0.494 e. The van der Waals surface area contributed by atoms with Crippen molar-refractivity contribution in [2.24, 2.45) is 0 Å². The van der Waals surface area contributed by atoms with Gasteiger partial charge < -0.3 is 10.1 Å². The van der Waals surface area contributed by atoms with Crippen LogP contribution < -0.4 is 20.9 Å². The molecule has 2 aromatic carbocycles. The molecule has 1 saturated heterocycles. The maximum absolute atomic E-state index is 13.8. The van der Waals surface area contributed by atoms with Gasteiger partial charge in [-0.1, -0.05) is 29.8 Å². The number of nitrogens with one attached hydrogen (secondary N) is 3. The molecule has 0 aliphatic carbocycles. The number of hydrazine groups is 1. The van der Waals surface area contributed by atoms with Crippen molar-refractivity contribution < 1.29 is 13.9 Å². The number of hydrogen-bond donors (Lipinski definition) is 3. The molecular formula is C19H22FN3O2. The summed E-state index contributed by atoms with van der Waals surface area (Å²) in [7, 11) is 1.39. The lowest BCUT2D eigenvalue weighted by atomic mass is 9.91. The van der Waals surface area contributed by atoms with Crippen LogP contribution in [0.3, 0.4) is 0 Å². The Labute approximate surface area is 146 Å². The zero-order valence-corrected chi connectivity index (χ0v) is 14.5. The number of benzene rings is 2. The number of amides is 1. The monoisotopic (exact) mass is 343 g/mol. The van der Waals surface area contributed by atoms with Crippen LogP contribution in [0.4, 0.5) is 4.39 Å². The highest BCUT2D eigenvalue weighted by molar-refractivity contribution is 5.94. The molecule has 1 aliphatic heterocycles. The van der Waals surface area contributed by atoms with Gasteiger partial charge >= 0.3 is 0 Å². The van der Waals surface area contributed by atoms with Crippen LogP contribution in [-0.2, 0) is 0 Å². The molecule has 5 nitrogen and oxygen atoms in total. The fourth-order valence-corrected chi connectivity index (χ4v) is 3.12. The third kappa shape index (κ3) is 3.65. The molecule has 0 saturated carbocycles. The molecule has 3 unspecified atom stereocenters. The van der Waals surface area contributed by atoms with Crippen LogP contribution in [-0.4, -0.2) is 25.2 Å². The summed E-state index contributed by atoms with van der Waals surface area (Å²) in [6, 6.07) is 12.6. The molecule has 3 rings (SSSR count). The van der Waals surface area contributed by atoms with Crippen LogP contribution in [0.15, 0.2) is 42.5 Å². The number of halogens is 1. The second kappa shape index (κ2) is 7.21. The minimum atomic E-state index is -0.559. The topological polar surface area (TPSA) is 62.4 Å². The molecule has 0 radical (unpaired) electrons. The van der Waals surface area contributed by atoms with Gasteiger partial charge in [0.15, 0.2) is 11.6 Å². The Morgan fingerprint density at radius 1 is 1.16 bits per heavy atom. The third-order valence-corrected chi connectivity index (χ3v) is 4.53. The van der Waals surface area contributed by atoms with Gasteiger partial charge in [0.25, 0.3) is 5.91 Å². The van der Waals surface area contributed by atoms with E-state index in [1.54, 1.807) is 6.07 Å². The summed E-state index contributed by atoms with van der Waals surface area (Å²) < 4.78 is 18.7. The fourth-order valence-electron chi connectivity index (χ4n) is 3.12. The Bertz CT molecular complexity index is 764. The third-order valence-electron chi connectivity index (χ3n) is 4.53. The average molecular weight is 343 g/mol. The molecule has 1 heterocycles. The Balaban J connectivity index is 1.77. The maximum Gasteiger partial charge on any atom is 0.252 e. The van der Waals surface area contributed by atoms with E-state index in [2.05, 4.69) is 47.4 Å². The van der Waals surface area contributed by atoms with Crippen LogP contribution >= 0.6 is 0 Å². The Hall–Kier alpha value is -2.44. The van der Waals surface area contributed by atoms with E-state index in [1.807, 2.05) is 6.92 Å². The summed E-state index contributed by atoms with van der Waals surface area (Å²) in [5, 5.41) is 2.93. The van der Waals surface area contributed by atoms with Crippen molar-refractivity contribution in [3.8, 4) is 5.75 Å². The molecule has 0 bridgehead atoms. The van der Waals surface area contributed by atoms with Gasteiger partial charge in [-0.3, -0.25) is 10.2 Å². The van der Waals surface area contributed by atoms with E-state index in [0.717, 1.165) is 5.56 Å². The molecule has 6 heteroatoms. The summed E-state index contributed by atoms with van der Waals surface area (Å²) in [6.07, 6.45) is -0.296. The highest BCUT2D eigenvalue weighted by atomic mass is 19.1. The average Bonchev–Trinajstić information content (AvgIpc) is 2.96. The van der Waals surface area contributed by atoms with Gasteiger partial charge in [-0.2, -0.15) is 0 Å². The van der Waals surface area contributed by atoms with E-state index >= 15 is 0 Å². The van der Waals surface area contributed by atoms with E-state index in [4.69, 9.17) is 4.74 Å². The quantitative estimate of drug-likeness (QED) is 0.798. The summed E-state index contributed by atoms with van der Waals surface area (Å²) in [4.78, 5) is 12.5. The number of ether oxygens (including phenoxy) is 1. The number of carbonyl (C=O) groups is 1. The van der Waals surface area contributed by atoms with Crippen molar-refractivity contribution in [3.63, 3.8) is 0 Å². The van der Waals surface area contributed by atoms with Gasteiger partial charge in [0.1, 0.15) is 6.17 Å². The number of methoxy groups -OCH3 is 1. The molecule has 1 fully saturated rings. The van der Waals surface area contributed by atoms with Crippen molar-refractivity contribution in [3.05, 3.63) is 65.0 Å². The molecule has 0 aromatic heterocycles. The zero-order chi connectivity index (χ0) is 18.0. The predicted molar refractivity (Wildman–Crippen MR) is 93.9 cm³/mol. The lowest BCUT2D eigenvalue weighted by molar-refractivity contribution is 0.0928. The van der Waals surface area contributed by atoms with Crippen molar-refractivity contribution in [1.82, 2.24) is 16.2 Å². The van der Waals surface area contributed by atoms with E-state index in [9.17, 15) is 9.18 Å². The first-order valence-electron chi connectivity index (χ1n) is 8.21. The van der Waals surface area contributed by atoms with Gasteiger partial charge in [0.2, 0.25) is 0 Å². The van der Waals surface area contributed by atoms with Gasteiger partial charge in [-0.05, 0) is 37.6 Å². The van der Waals surface area contributed by atoms with Crippen LogP contribution in [0.2, 0.25) is 0 Å². The summed E-state index contributed by atoms with van der Waals surface area (Å²) in [5.41, 5.74) is 8.83. The normalized spacial score (nSPS) is 22.6. The molecule has 1 amide bonds. The van der Waals surface area contributed by atoms with Gasteiger partial charge in [0, 0.05) is 17.5 Å². The molecule has 25 heavy (non-hydrogen) atoms. The second-order valence-corrected chi connectivity index (χ2v) is 6.31. The molecule has 0 spiro atoms. The number of hydrogen-bond acceptors (Lipinski definition) is 4. The summed E-state index contributed by atoms with van der Waals surface area (Å²) in [5.74, 6) is -0.723. The Morgan fingerprint density at radius 3 is 2.52 bits per heavy atom. The number of rotatable bonds is 4. The van der Waals surface area contributed by atoms with Gasteiger partial charge in [-0.15, -0.1) is 0 Å². The minimum absolute atomic E-state index is 0.0626. The highest BCUT2D eigenvalue weighted by Gasteiger charge is 2.35. The van der Waals surface area contributed by atoms with Gasteiger partial charge in [-0.25, -0.2) is 9.82 Å². The molecule has 1 aliphatic rings. The maximum atomic E-state index is 13.8. The first kappa shape index (κ1) is 17.4. The minimum Gasteiger partial charge on any atom is -0.494 e. The zero-order valence-electron chi connectivity index (χ0n) is 14.5. The van der Waals surface area contributed by atoms with Gasteiger partial charge in [0.05, 0.1) is 7.11 Å². The van der Waals surface area contributed by atoms with E-state index in [1.165, 1.54) is 24.8 Å². The molecule has 3 N–H and O–H groups in total. The van der Waals surface area contributed by atoms with Crippen molar-refractivity contribution in [2.75, 3.05) is 7.11 Å². The van der Waals surface area contributed by atoms with Crippen LogP contribution in [0.25, 0.3) is 0 Å². The summed E-state index contributed by atoms with van der Waals surface area (Å²) in [6.45, 7) is 4.09. The molecule has 132 valence electrons. The standard InChI is InChI=1S/C19H22FN3O2/c1-11-4-6-13(7-5-11)17-12(2)22-23-18(17)21-19(24)14-8-9-16(25-3)15(20)10-14/h4-10,12,17-18,22-23H,1-3H3,(H,21,24). The van der Waals surface area contributed by atoms with E-state index in [0.29, 0.717) is 0 Å². The number of aryl methyl sites for hydroxylation is 1. The highest BCUT2D eigenvalue weighted by Crippen LogP contribution is 2.26. The number of carbonyl (C=O) groups excluding carboxylic acids is 1. The SMILES string of the molecule is COc1ccc(C(=O)NC2NNC(C)C2c2ccc(C)cc2)cc1F. The van der Waals surface area contributed by atoms with Crippen LogP contribution in [0.1, 0.15) is 34.3 Å². The van der Waals surface area contributed by atoms with Crippen molar-refractivity contribution in [2.45, 2.75) is 32.0 Å². The predicted octanol–water partition coefficient (Wildman–Crippen LogP) is 2.48. The second-order valence-electron chi connectivity index (χ2n) is 6.31. The van der Waals surface area contributed by atoms with Crippen molar-refractivity contribution in [1.29, 1.82) is 0 Å². The lowest BCUT2D eigenvalue weighted by Gasteiger charge is -2.22. The van der Waals surface area contributed by atoms with Crippen LogP contribution in [0, 0.1) is 12.7 Å². The Morgan fingerprint density at radius 2 is 1.88 bits per heavy atom. The first-order chi connectivity index (χ1) is 12.0. The first-order valence-corrected chi connectivity index (χ1v) is 8.21. The lowest BCUT2D eigenvalue weighted by Crippen LogP contribution is -2.46. The van der Waals surface area contributed by atoms with Crippen molar-refractivity contribution >= 4 is 5.91 Å². The van der Waals surface area contributed by atoms with E-state index in [-0.39, 0.29) is 35.3 Å². The fraction of sp³-hybridized carbons (Fsp3) is 0.316. The van der Waals surface area contributed by atoms with E-state index < -0.39 is 5.82 Å². The molecule has 3 atom stereocenters. The smallest absolute Gasteiger partial charge is 0.252 e. The Kier molecular flexibility index (Phi) is 5.01. The molecule has 2 aromatic rings. The summed E-state index contributed by atoms with van der Waals surface area (Å²) >= 11 is 0. The van der Waals surface area contributed by atoms with Crippen LogP contribution in [0.5, 0.6) is 5.75 Å². The molecular weight excluding hydrogens is 321 g/mol.